The fourth-order valence-electron chi connectivity index (χ4n) is 1.76. The number of rotatable bonds is 3. The van der Waals surface area contributed by atoms with E-state index in [-0.39, 0.29) is 0 Å². The third kappa shape index (κ3) is 2.10. The summed E-state index contributed by atoms with van der Waals surface area (Å²) in [6.45, 7) is 4.75. The Morgan fingerprint density at radius 1 is 1.64 bits per heavy atom. The van der Waals surface area contributed by atoms with Crippen LogP contribution in [0.2, 0.25) is 0 Å². The summed E-state index contributed by atoms with van der Waals surface area (Å²) in [7, 11) is 2.09. The first kappa shape index (κ1) is 9.61. The maximum atomic E-state index is 5.07. The second-order valence-corrected chi connectivity index (χ2v) is 3.80. The van der Waals surface area contributed by atoms with Crippen molar-refractivity contribution in [1.82, 2.24) is 20.4 Å². The highest BCUT2D eigenvalue weighted by Gasteiger charge is 2.20. The molecular weight excluding hydrogens is 180 g/mol. The monoisotopic (exact) mass is 196 g/mol. The van der Waals surface area contributed by atoms with Gasteiger partial charge in [0.2, 0.25) is 5.89 Å². The highest BCUT2D eigenvalue weighted by atomic mass is 16.5. The lowest BCUT2D eigenvalue weighted by Gasteiger charge is -2.20. The van der Waals surface area contributed by atoms with Crippen molar-refractivity contribution in [2.24, 2.45) is 0 Å². The van der Waals surface area contributed by atoms with Gasteiger partial charge >= 0.3 is 0 Å². The zero-order valence-electron chi connectivity index (χ0n) is 8.66. The largest absolute Gasteiger partial charge is 0.338 e. The van der Waals surface area contributed by atoms with Gasteiger partial charge in [-0.25, -0.2) is 0 Å². The Labute approximate surface area is 83.5 Å². The van der Waals surface area contributed by atoms with Gasteiger partial charge in [0, 0.05) is 12.6 Å². The lowest BCUT2D eigenvalue weighted by molar-refractivity contribution is 0.214. The van der Waals surface area contributed by atoms with Crippen molar-refractivity contribution < 1.29 is 4.52 Å². The molecule has 5 heteroatoms. The first-order valence-electron chi connectivity index (χ1n) is 4.96. The molecule has 0 saturated carbocycles. The van der Waals surface area contributed by atoms with Gasteiger partial charge in [-0.3, -0.25) is 4.90 Å². The van der Waals surface area contributed by atoms with E-state index in [4.69, 9.17) is 4.52 Å². The zero-order chi connectivity index (χ0) is 9.97. The van der Waals surface area contributed by atoms with Gasteiger partial charge in [-0.15, -0.1) is 0 Å². The molecule has 0 aromatic carbocycles. The molecule has 2 rings (SSSR count). The van der Waals surface area contributed by atoms with Crippen LogP contribution < -0.4 is 5.32 Å². The summed E-state index contributed by atoms with van der Waals surface area (Å²) < 4.78 is 5.07. The fourth-order valence-corrected chi connectivity index (χ4v) is 1.76. The molecule has 1 saturated heterocycles. The van der Waals surface area contributed by atoms with Gasteiger partial charge in [0.1, 0.15) is 0 Å². The predicted octanol–water partition coefficient (Wildman–Crippen LogP) is 0.172. The Bertz CT molecular complexity index is 293. The van der Waals surface area contributed by atoms with Gasteiger partial charge in [0.25, 0.3) is 0 Å². The molecule has 1 unspecified atom stereocenters. The van der Waals surface area contributed by atoms with Gasteiger partial charge in [0.05, 0.1) is 6.54 Å². The predicted molar refractivity (Wildman–Crippen MR) is 51.8 cm³/mol. The minimum absolute atomic E-state index is 0.599. The van der Waals surface area contributed by atoms with E-state index in [1.54, 1.807) is 0 Å². The van der Waals surface area contributed by atoms with Gasteiger partial charge in [-0.1, -0.05) is 5.16 Å². The third-order valence-corrected chi connectivity index (χ3v) is 2.61. The van der Waals surface area contributed by atoms with E-state index in [9.17, 15) is 0 Å². The Morgan fingerprint density at radius 3 is 3.07 bits per heavy atom. The van der Waals surface area contributed by atoms with Crippen LogP contribution in [0, 0.1) is 6.92 Å². The van der Waals surface area contributed by atoms with Crippen LogP contribution in [0.25, 0.3) is 0 Å². The lowest BCUT2D eigenvalue weighted by atomic mass is 10.2. The molecule has 1 aliphatic heterocycles. The van der Waals surface area contributed by atoms with Crippen molar-refractivity contribution in [3.8, 4) is 0 Å². The highest BCUT2D eigenvalue weighted by molar-refractivity contribution is 4.85. The normalized spacial score (nSPS) is 22.1. The van der Waals surface area contributed by atoms with Crippen LogP contribution in [0.15, 0.2) is 4.52 Å². The summed E-state index contributed by atoms with van der Waals surface area (Å²) in [6, 6.07) is 0.599. The summed E-state index contributed by atoms with van der Waals surface area (Å²) >= 11 is 0. The van der Waals surface area contributed by atoms with Crippen LogP contribution in [-0.4, -0.2) is 41.2 Å². The fraction of sp³-hybridized carbons (Fsp3) is 0.778. The van der Waals surface area contributed by atoms with Gasteiger partial charge < -0.3 is 9.84 Å². The molecule has 1 atom stereocenters. The van der Waals surface area contributed by atoms with Crippen molar-refractivity contribution in [3.63, 3.8) is 0 Å². The molecule has 1 N–H and O–H groups in total. The quantitative estimate of drug-likeness (QED) is 0.747. The number of likely N-dealkylation sites (N-methyl/N-ethyl adjacent to an activating group) is 1. The zero-order valence-corrected chi connectivity index (χ0v) is 8.66. The number of hydrogen-bond acceptors (Lipinski definition) is 5. The summed E-state index contributed by atoms with van der Waals surface area (Å²) in [6.07, 6.45) is 1.20. The van der Waals surface area contributed by atoms with E-state index in [0.717, 1.165) is 19.6 Å². The Balaban J connectivity index is 1.90. The Hall–Kier alpha value is -0.940. The molecule has 14 heavy (non-hydrogen) atoms. The van der Waals surface area contributed by atoms with Gasteiger partial charge in [-0.2, -0.15) is 4.98 Å². The second-order valence-electron chi connectivity index (χ2n) is 3.80. The molecule has 0 spiro atoms. The highest BCUT2D eigenvalue weighted by Crippen LogP contribution is 2.09. The number of aryl methyl sites for hydroxylation is 1. The van der Waals surface area contributed by atoms with Crippen LogP contribution in [0.1, 0.15) is 18.1 Å². The summed E-state index contributed by atoms with van der Waals surface area (Å²) in [5, 5.41) is 7.10. The van der Waals surface area contributed by atoms with E-state index < -0.39 is 0 Å². The molecule has 78 valence electrons. The molecule has 1 fully saturated rings. The molecule has 1 aliphatic rings. The lowest BCUT2D eigenvalue weighted by Crippen LogP contribution is -2.32. The molecular formula is C9H16N4O. The van der Waals surface area contributed by atoms with Crippen LogP contribution in [0.3, 0.4) is 0 Å². The van der Waals surface area contributed by atoms with Crippen LogP contribution in [0.5, 0.6) is 0 Å². The molecule has 0 bridgehead atoms. The summed E-state index contributed by atoms with van der Waals surface area (Å²) in [4.78, 5) is 6.44. The smallest absolute Gasteiger partial charge is 0.240 e. The van der Waals surface area contributed by atoms with Crippen molar-refractivity contribution in [2.75, 3.05) is 20.1 Å². The summed E-state index contributed by atoms with van der Waals surface area (Å²) in [5.74, 6) is 1.41. The molecule has 1 aromatic rings. The van der Waals surface area contributed by atoms with Gasteiger partial charge in [-0.05, 0) is 26.9 Å². The molecule has 5 nitrogen and oxygen atoms in total. The average molecular weight is 196 g/mol. The van der Waals surface area contributed by atoms with Crippen LogP contribution in [-0.2, 0) is 6.54 Å². The molecule has 0 radical (unpaired) electrons. The van der Waals surface area contributed by atoms with Crippen molar-refractivity contribution in [3.05, 3.63) is 11.7 Å². The molecule has 2 heterocycles. The number of nitrogens with one attached hydrogen (secondary N) is 1. The van der Waals surface area contributed by atoms with E-state index in [0.29, 0.717) is 17.8 Å². The van der Waals surface area contributed by atoms with E-state index >= 15 is 0 Å². The number of hydrogen-bond donors (Lipinski definition) is 1. The maximum Gasteiger partial charge on any atom is 0.240 e. The topological polar surface area (TPSA) is 54.2 Å². The number of nitrogens with zero attached hydrogens (tertiary/aromatic N) is 3. The van der Waals surface area contributed by atoms with Crippen molar-refractivity contribution >= 4 is 0 Å². The second kappa shape index (κ2) is 4.06. The number of aromatic nitrogens is 2. The first-order chi connectivity index (χ1) is 6.75. The van der Waals surface area contributed by atoms with Gasteiger partial charge in [0.15, 0.2) is 5.82 Å². The minimum atomic E-state index is 0.599. The van der Waals surface area contributed by atoms with Crippen LogP contribution >= 0.6 is 0 Å². The Kier molecular flexibility index (Phi) is 2.79. The van der Waals surface area contributed by atoms with E-state index in [2.05, 4.69) is 27.4 Å². The molecule has 0 aliphatic carbocycles. The van der Waals surface area contributed by atoms with Crippen molar-refractivity contribution in [1.29, 1.82) is 0 Å². The average Bonchev–Trinajstić information content (AvgIpc) is 2.75. The van der Waals surface area contributed by atoms with E-state index in [1.807, 2.05) is 6.92 Å². The molecule has 1 aromatic heterocycles. The third-order valence-electron chi connectivity index (χ3n) is 2.61. The first-order valence-corrected chi connectivity index (χ1v) is 4.96. The van der Waals surface area contributed by atoms with Crippen molar-refractivity contribution in [2.45, 2.75) is 25.9 Å². The SMILES string of the molecule is Cc1noc(CN(C)C2CCNC2)n1. The maximum absolute atomic E-state index is 5.07. The minimum Gasteiger partial charge on any atom is -0.338 e. The summed E-state index contributed by atoms with van der Waals surface area (Å²) in [5.41, 5.74) is 0. The Morgan fingerprint density at radius 2 is 2.50 bits per heavy atom. The standard InChI is InChI=1S/C9H16N4O/c1-7-11-9(14-12-7)6-13(2)8-3-4-10-5-8/h8,10H,3-6H2,1-2H3. The van der Waals surface area contributed by atoms with E-state index in [1.165, 1.54) is 6.42 Å². The van der Waals surface area contributed by atoms with Crippen LogP contribution in [0.4, 0.5) is 0 Å². The molecule has 0 amide bonds.